The van der Waals surface area contributed by atoms with Crippen LogP contribution in [0.25, 0.3) is 6.08 Å². The van der Waals surface area contributed by atoms with Crippen molar-refractivity contribution in [2.75, 3.05) is 6.61 Å². The number of hydrogen-bond donors (Lipinski definition) is 1. The molecule has 2 aromatic rings. The van der Waals surface area contributed by atoms with Gasteiger partial charge in [-0.1, -0.05) is 47.7 Å². The zero-order valence-corrected chi connectivity index (χ0v) is 15.2. The maximum atomic E-state index is 12.1. The van der Waals surface area contributed by atoms with E-state index < -0.39 is 0 Å². The van der Waals surface area contributed by atoms with Crippen LogP contribution in [0.4, 0.5) is 0 Å². The van der Waals surface area contributed by atoms with Crippen LogP contribution in [-0.2, 0) is 4.79 Å². The maximum absolute atomic E-state index is 12.1. The minimum Gasteiger partial charge on any atom is -0.485 e. The van der Waals surface area contributed by atoms with Gasteiger partial charge in [-0.3, -0.25) is 9.59 Å². The van der Waals surface area contributed by atoms with Crippen molar-refractivity contribution in [1.82, 2.24) is 5.32 Å². The third-order valence-corrected chi connectivity index (χ3v) is 4.77. The summed E-state index contributed by atoms with van der Waals surface area (Å²) < 4.78 is 5.96. The summed E-state index contributed by atoms with van der Waals surface area (Å²) in [4.78, 5) is 24.2. The van der Waals surface area contributed by atoms with E-state index in [2.05, 4.69) is 5.32 Å². The number of amides is 1. The lowest BCUT2D eigenvalue weighted by Crippen LogP contribution is -2.17. The van der Waals surface area contributed by atoms with Gasteiger partial charge in [0.1, 0.15) is 10.1 Å². The number of ether oxygens (including phenoxy) is 1. The molecule has 0 unspecified atom stereocenters. The quantitative estimate of drug-likeness (QED) is 0.474. The smallest absolute Gasteiger partial charge is 0.263 e. The molecule has 7 heteroatoms. The standard InChI is InChI=1S/C18H12ClNO3S2/c19-13-5-3-12(4-6-13)15(21)10-23-14-7-1-11(2-8-14)9-16-17(22)20-18(24)25-16/h1-9H,10H2,(H,20,22,24)/b16-9-. The highest BCUT2D eigenvalue weighted by Gasteiger charge is 2.21. The monoisotopic (exact) mass is 389 g/mol. The summed E-state index contributed by atoms with van der Waals surface area (Å²) >= 11 is 12.0. The molecular formula is C18H12ClNO3S2. The fourth-order valence-corrected chi connectivity index (χ4v) is 3.27. The molecule has 1 aliphatic rings. The van der Waals surface area contributed by atoms with Crippen molar-refractivity contribution in [3.63, 3.8) is 0 Å². The van der Waals surface area contributed by atoms with Crippen LogP contribution in [0.15, 0.2) is 53.4 Å². The molecule has 126 valence electrons. The summed E-state index contributed by atoms with van der Waals surface area (Å²) in [5.74, 6) is 0.253. The Bertz CT molecular complexity index is 861. The number of ketones is 1. The fourth-order valence-electron chi connectivity index (χ4n) is 2.10. The van der Waals surface area contributed by atoms with Crippen LogP contribution in [0.3, 0.4) is 0 Å². The van der Waals surface area contributed by atoms with E-state index in [-0.39, 0.29) is 18.3 Å². The highest BCUT2D eigenvalue weighted by molar-refractivity contribution is 8.26. The van der Waals surface area contributed by atoms with Gasteiger partial charge in [0, 0.05) is 10.6 Å². The Morgan fingerprint density at radius 3 is 2.44 bits per heavy atom. The lowest BCUT2D eigenvalue weighted by atomic mass is 10.1. The van der Waals surface area contributed by atoms with E-state index >= 15 is 0 Å². The molecule has 1 fully saturated rings. The number of carbonyl (C=O) groups is 2. The molecule has 1 N–H and O–H groups in total. The molecule has 2 aromatic carbocycles. The number of thioether (sulfide) groups is 1. The van der Waals surface area contributed by atoms with Crippen LogP contribution in [0.5, 0.6) is 5.75 Å². The molecule has 0 aromatic heterocycles. The normalized spacial score (nSPS) is 15.3. The van der Waals surface area contributed by atoms with E-state index in [9.17, 15) is 9.59 Å². The summed E-state index contributed by atoms with van der Waals surface area (Å²) in [6.45, 7) is -0.0609. The highest BCUT2D eigenvalue weighted by atomic mass is 35.5. The van der Waals surface area contributed by atoms with Gasteiger partial charge < -0.3 is 10.1 Å². The first-order valence-corrected chi connectivity index (χ1v) is 8.88. The third-order valence-electron chi connectivity index (χ3n) is 3.36. The predicted molar refractivity (Wildman–Crippen MR) is 104 cm³/mol. The van der Waals surface area contributed by atoms with Gasteiger partial charge in [0.25, 0.3) is 5.91 Å². The minimum absolute atomic E-state index is 0.0609. The van der Waals surface area contributed by atoms with Gasteiger partial charge in [-0.25, -0.2) is 0 Å². The molecular weight excluding hydrogens is 378 g/mol. The van der Waals surface area contributed by atoms with Crippen molar-refractivity contribution in [3.05, 3.63) is 69.6 Å². The van der Waals surface area contributed by atoms with Crippen molar-refractivity contribution in [3.8, 4) is 5.75 Å². The van der Waals surface area contributed by atoms with Crippen LogP contribution in [0.1, 0.15) is 15.9 Å². The molecule has 0 saturated carbocycles. The van der Waals surface area contributed by atoms with Gasteiger partial charge in [-0.05, 0) is 48.0 Å². The number of thiocarbonyl (C=S) groups is 1. The molecule has 1 amide bonds. The number of benzene rings is 2. The van der Waals surface area contributed by atoms with Crippen molar-refractivity contribution >= 4 is 57.7 Å². The Kier molecular flexibility index (Phi) is 5.53. The lowest BCUT2D eigenvalue weighted by molar-refractivity contribution is -0.115. The first-order valence-electron chi connectivity index (χ1n) is 7.28. The fraction of sp³-hybridized carbons (Fsp3) is 0.0556. The molecule has 1 heterocycles. The van der Waals surface area contributed by atoms with E-state index in [0.717, 1.165) is 5.56 Å². The lowest BCUT2D eigenvalue weighted by Gasteiger charge is -2.06. The second-order valence-corrected chi connectivity index (χ2v) is 7.30. The van der Waals surface area contributed by atoms with Crippen LogP contribution in [0, 0.1) is 0 Å². The Hall–Kier alpha value is -2.15. The van der Waals surface area contributed by atoms with Crippen LogP contribution < -0.4 is 10.1 Å². The number of halogens is 1. The maximum Gasteiger partial charge on any atom is 0.263 e. The number of rotatable bonds is 5. The van der Waals surface area contributed by atoms with Crippen molar-refractivity contribution in [2.45, 2.75) is 0 Å². The van der Waals surface area contributed by atoms with Crippen molar-refractivity contribution < 1.29 is 14.3 Å². The molecule has 1 aliphatic heterocycles. The average molecular weight is 390 g/mol. The average Bonchev–Trinajstić information content (AvgIpc) is 2.92. The van der Waals surface area contributed by atoms with Gasteiger partial charge >= 0.3 is 0 Å². The first-order chi connectivity index (χ1) is 12.0. The molecule has 0 bridgehead atoms. The Morgan fingerprint density at radius 2 is 1.84 bits per heavy atom. The largest absolute Gasteiger partial charge is 0.485 e. The van der Waals surface area contributed by atoms with Gasteiger partial charge in [0.15, 0.2) is 12.4 Å². The molecule has 0 radical (unpaired) electrons. The molecule has 1 saturated heterocycles. The zero-order valence-electron chi connectivity index (χ0n) is 12.8. The molecule has 0 spiro atoms. The number of hydrogen-bond acceptors (Lipinski definition) is 5. The molecule has 4 nitrogen and oxygen atoms in total. The summed E-state index contributed by atoms with van der Waals surface area (Å²) in [7, 11) is 0. The van der Waals surface area contributed by atoms with Crippen molar-refractivity contribution in [1.29, 1.82) is 0 Å². The van der Waals surface area contributed by atoms with E-state index in [4.69, 9.17) is 28.6 Å². The van der Waals surface area contributed by atoms with Gasteiger partial charge in [-0.2, -0.15) is 0 Å². The highest BCUT2D eigenvalue weighted by Crippen LogP contribution is 2.26. The number of carbonyl (C=O) groups excluding carboxylic acids is 2. The Labute approximate surface area is 159 Å². The molecule has 0 atom stereocenters. The number of nitrogens with one attached hydrogen (secondary N) is 1. The van der Waals surface area contributed by atoms with Gasteiger partial charge in [-0.15, -0.1) is 0 Å². The van der Waals surface area contributed by atoms with E-state index in [1.165, 1.54) is 11.8 Å². The number of Topliss-reactive ketones (excluding diaryl/α,β-unsaturated/α-hetero) is 1. The zero-order chi connectivity index (χ0) is 17.8. The van der Waals surface area contributed by atoms with Gasteiger partial charge in [0.2, 0.25) is 0 Å². The molecule has 0 aliphatic carbocycles. The van der Waals surface area contributed by atoms with Crippen LogP contribution >= 0.6 is 35.6 Å². The Balaban J connectivity index is 1.60. The molecule has 25 heavy (non-hydrogen) atoms. The minimum atomic E-state index is -0.191. The summed E-state index contributed by atoms with van der Waals surface area (Å²) in [6.07, 6.45) is 1.75. The van der Waals surface area contributed by atoms with E-state index in [1.807, 2.05) is 12.1 Å². The third kappa shape index (κ3) is 4.69. The second kappa shape index (κ2) is 7.82. The summed E-state index contributed by atoms with van der Waals surface area (Å²) in [5.41, 5.74) is 1.39. The topological polar surface area (TPSA) is 55.4 Å². The first kappa shape index (κ1) is 17.7. The molecule has 3 rings (SSSR count). The predicted octanol–water partition coefficient (Wildman–Crippen LogP) is 4.09. The summed E-state index contributed by atoms with van der Waals surface area (Å²) in [6, 6.07) is 13.8. The van der Waals surface area contributed by atoms with E-state index in [1.54, 1.807) is 42.5 Å². The van der Waals surface area contributed by atoms with Gasteiger partial charge in [0.05, 0.1) is 4.91 Å². The SMILES string of the molecule is O=C1NC(=S)S/C1=C\c1ccc(OCC(=O)c2ccc(Cl)cc2)cc1. The Morgan fingerprint density at radius 1 is 1.16 bits per heavy atom. The van der Waals surface area contributed by atoms with Crippen LogP contribution in [-0.4, -0.2) is 22.6 Å². The van der Waals surface area contributed by atoms with Crippen molar-refractivity contribution in [2.24, 2.45) is 0 Å². The van der Waals surface area contributed by atoms with E-state index in [0.29, 0.717) is 25.6 Å². The summed E-state index contributed by atoms with van der Waals surface area (Å²) in [5, 5.41) is 3.15. The van der Waals surface area contributed by atoms with Crippen LogP contribution in [0.2, 0.25) is 5.02 Å². The second-order valence-electron chi connectivity index (χ2n) is 5.14.